The van der Waals surface area contributed by atoms with Gasteiger partial charge in [0.25, 0.3) is 0 Å². The molecule has 1 rings (SSSR count). The van der Waals surface area contributed by atoms with E-state index in [0.29, 0.717) is 5.03 Å². The molecule has 146 valence electrons. The van der Waals surface area contributed by atoms with Crippen LogP contribution in [0.4, 0.5) is 26.3 Å². The third-order valence-electron chi connectivity index (χ3n) is 2.42. The first-order valence-electron chi connectivity index (χ1n) is 5.87. The number of rotatable bonds is 0. The molecular formula is C11H14F6N2O5S. The zero-order valence-electron chi connectivity index (χ0n) is 12.9. The van der Waals surface area contributed by atoms with Crippen molar-refractivity contribution in [3.05, 3.63) is 11.2 Å². The summed E-state index contributed by atoms with van der Waals surface area (Å²) in [5.74, 6) is -5.51. The van der Waals surface area contributed by atoms with Gasteiger partial charge in [-0.05, 0) is 20.8 Å². The summed E-state index contributed by atoms with van der Waals surface area (Å²) in [5, 5.41) is 14.6. The van der Waals surface area contributed by atoms with Gasteiger partial charge in [-0.3, -0.25) is 4.99 Å². The highest BCUT2D eigenvalue weighted by atomic mass is 32.2. The second kappa shape index (κ2) is 8.94. The average Bonchev–Trinajstić information content (AvgIpc) is 2.41. The lowest BCUT2D eigenvalue weighted by Crippen LogP contribution is -2.43. The number of nitrogens with two attached hydrogens (primary N) is 1. The minimum atomic E-state index is -5.08. The van der Waals surface area contributed by atoms with Gasteiger partial charge in [0.15, 0.2) is 4.75 Å². The largest absolute Gasteiger partial charge is 0.610 e. The van der Waals surface area contributed by atoms with Crippen LogP contribution in [0.3, 0.4) is 0 Å². The molecule has 7 nitrogen and oxygen atoms in total. The van der Waals surface area contributed by atoms with Gasteiger partial charge in [0.05, 0.1) is 11.9 Å². The van der Waals surface area contributed by atoms with Crippen LogP contribution in [0.5, 0.6) is 0 Å². The van der Waals surface area contributed by atoms with Crippen LogP contribution in [0.1, 0.15) is 20.8 Å². The van der Waals surface area contributed by atoms with Gasteiger partial charge in [-0.2, -0.15) is 26.3 Å². The van der Waals surface area contributed by atoms with Gasteiger partial charge in [-0.1, -0.05) is 0 Å². The van der Waals surface area contributed by atoms with E-state index in [2.05, 4.69) is 4.99 Å². The number of carboxylic acids is 2. The quantitative estimate of drug-likeness (QED) is 0.420. The predicted molar refractivity (Wildman–Crippen MR) is 75.0 cm³/mol. The third-order valence-corrected chi connectivity index (χ3v) is 4.18. The molecule has 0 saturated carbocycles. The highest BCUT2D eigenvalue weighted by Crippen LogP contribution is 2.26. The van der Waals surface area contributed by atoms with E-state index in [9.17, 15) is 30.9 Å². The summed E-state index contributed by atoms with van der Waals surface area (Å²) in [7, 11) is 0. The van der Waals surface area contributed by atoms with Crippen LogP contribution < -0.4 is 5.73 Å². The summed E-state index contributed by atoms with van der Waals surface area (Å²) >= 11 is -1.12. The zero-order valence-corrected chi connectivity index (χ0v) is 13.7. The zero-order chi connectivity index (χ0) is 20.8. The van der Waals surface area contributed by atoms with Crippen LogP contribution in [0, 0.1) is 0 Å². The van der Waals surface area contributed by atoms with E-state index in [1.807, 2.05) is 20.8 Å². The summed E-state index contributed by atoms with van der Waals surface area (Å²) in [6, 6.07) is 0. The predicted octanol–water partition coefficient (Wildman–Crippen LogP) is 2.01. The summed E-state index contributed by atoms with van der Waals surface area (Å²) < 4.78 is 74.6. The molecule has 14 heteroatoms. The monoisotopic (exact) mass is 400 g/mol. The lowest BCUT2D eigenvalue weighted by molar-refractivity contribution is -0.193. The molecule has 0 spiro atoms. The molecule has 1 atom stereocenters. The number of carboxylic acid groups (broad SMARTS) is 2. The number of halogens is 6. The number of aliphatic carboxylic acids is 2. The Morgan fingerprint density at radius 1 is 1.12 bits per heavy atom. The summed E-state index contributed by atoms with van der Waals surface area (Å²) in [6.45, 7) is 5.62. The van der Waals surface area contributed by atoms with Crippen molar-refractivity contribution in [2.45, 2.75) is 37.9 Å². The van der Waals surface area contributed by atoms with Crippen LogP contribution in [-0.4, -0.2) is 49.5 Å². The molecule has 0 fully saturated rings. The molecular weight excluding hydrogens is 386 g/mol. The first kappa shape index (κ1) is 25.3. The Morgan fingerprint density at radius 3 is 1.60 bits per heavy atom. The molecule has 0 aliphatic carbocycles. The van der Waals surface area contributed by atoms with Gasteiger partial charge in [0.1, 0.15) is 0 Å². The number of aliphatic imine (C=N–C) groups is 1. The molecule has 25 heavy (non-hydrogen) atoms. The summed E-state index contributed by atoms with van der Waals surface area (Å²) in [5.41, 5.74) is 6.34. The molecule has 1 unspecified atom stereocenters. The van der Waals surface area contributed by atoms with E-state index in [-0.39, 0.29) is 0 Å². The minimum absolute atomic E-state index is 0.362. The van der Waals surface area contributed by atoms with Gasteiger partial charge in [-0.25, -0.2) is 9.59 Å². The van der Waals surface area contributed by atoms with Crippen molar-refractivity contribution in [3.8, 4) is 0 Å². The number of hydrogen-bond donors (Lipinski definition) is 3. The molecule has 0 bridgehead atoms. The van der Waals surface area contributed by atoms with Gasteiger partial charge in [0.2, 0.25) is 5.03 Å². The van der Waals surface area contributed by atoms with Crippen LogP contribution in [0.25, 0.3) is 0 Å². The number of nitrogens with zero attached hydrogens (tertiary/aromatic N) is 1. The first-order valence-corrected chi connectivity index (χ1v) is 7.02. The Labute approximate surface area is 140 Å². The smallest absolute Gasteiger partial charge is 0.490 e. The van der Waals surface area contributed by atoms with E-state index >= 15 is 0 Å². The Balaban J connectivity index is 0. The van der Waals surface area contributed by atoms with Crippen LogP contribution in [0.15, 0.2) is 16.2 Å². The maximum absolute atomic E-state index is 11.5. The van der Waals surface area contributed by atoms with Crippen molar-refractivity contribution in [1.29, 1.82) is 0 Å². The minimum Gasteiger partial charge on any atom is -0.610 e. The normalized spacial score (nSPS) is 19.2. The molecule has 4 N–H and O–H groups in total. The Kier molecular flexibility index (Phi) is 9.04. The highest BCUT2D eigenvalue weighted by Gasteiger charge is 2.40. The molecule has 0 saturated heterocycles. The fourth-order valence-electron chi connectivity index (χ4n) is 0.793. The first-order chi connectivity index (χ1) is 10.8. The second-order valence-electron chi connectivity index (χ2n) is 4.63. The number of alkyl halides is 6. The SMILES string of the molecule is CC1=NC=C(N)[S+]([O-])C1(C)C.O=C(O)C(F)(F)F.O=C(O)C(F)(F)F. The van der Waals surface area contributed by atoms with E-state index in [1.165, 1.54) is 6.20 Å². The van der Waals surface area contributed by atoms with E-state index < -0.39 is 40.2 Å². The molecule has 1 heterocycles. The van der Waals surface area contributed by atoms with E-state index in [0.717, 1.165) is 5.71 Å². The maximum atomic E-state index is 11.5. The number of hydrogen-bond acceptors (Lipinski definition) is 5. The Morgan fingerprint density at radius 2 is 1.40 bits per heavy atom. The summed E-state index contributed by atoms with van der Waals surface area (Å²) in [4.78, 5) is 21.8. The van der Waals surface area contributed by atoms with Crippen molar-refractivity contribution >= 4 is 28.8 Å². The van der Waals surface area contributed by atoms with Crippen molar-refractivity contribution < 1.29 is 50.7 Å². The standard InChI is InChI=1S/C7H12N2OS.2C2HF3O2/c1-5-7(2,3)11(10)6(8)4-9-5;2*3-2(4,5)1(6)7/h4H,8H2,1-3H3;2*(H,6,7). The Bertz CT molecular complexity index is 532. The molecule has 0 amide bonds. The number of carbonyl (C=O) groups is 2. The molecule has 0 aromatic heterocycles. The molecule has 0 aromatic carbocycles. The van der Waals surface area contributed by atoms with Crippen molar-refractivity contribution in [1.82, 2.24) is 0 Å². The van der Waals surface area contributed by atoms with Crippen molar-refractivity contribution in [2.75, 3.05) is 0 Å². The third kappa shape index (κ3) is 9.19. The fourth-order valence-corrected chi connectivity index (χ4v) is 1.85. The molecule has 0 aromatic rings. The second-order valence-corrected chi connectivity index (χ2v) is 6.66. The van der Waals surface area contributed by atoms with Gasteiger partial charge in [-0.15, -0.1) is 0 Å². The maximum Gasteiger partial charge on any atom is 0.490 e. The fraction of sp³-hybridized carbons (Fsp3) is 0.545. The van der Waals surface area contributed by atoms with E-state index in [4.69, 9.17) is 25.5 Å². The molecule has 0 radical (unpaired) electrons. The van der Waals surface area contributed by atoms with Crippen molar-refractivity contribution in [2.24, 2.45) is 10.7 Å². The van der Waals surface area contributed by atoms with Crippen LogP contribution in [0.2, 0.25) is 0 Å². The molecule has 1 aliphatic heterocycles. The van der Waals surface area contributed by atoms with Crippen molar-refractivity contribution in [3.63, 3.8) is 0 Å². The van der Waals surface area contributed by atoms with Crippen LogP contribution >= 0.6 is 0 Å². The topological polar surface area (TPSA) is 136 Å². The highest BCUT2D eigenvalue weighted by molar-refractivity contribution is 7.97. The van der Waals surface area contributed by atoms with Gasteiger partial charge >= 0.3 is 24.3 Å². The van der Waals surface area contributed by atoms with Gasteiger partial charge in [0, 0.05) is 11.2 Å². The van der Waals surface area contributed by atoms with E-state index in [1.54, 1.807) is 0 Å². The lowest BCUT2D eigenvalue weighted by Gasteiger charge is -2.29. The Hall–Kier alpha value is -1.96. The average molecular weight is 400 g/mol. The van der Waals surface area contributed by atoms with Gasteiger partial charge < -0.3 is 20.5 Å². The molecule has 1 aliphatic rings. The van der Waals surface area contributed by atoms with Crippen LogP contribution in [-0.2, 0) is 20.8 Å². The summed E-state index contributed by atoms with van der Waals surface area (Å²) in [6.07, 6.45) is -8.70. The lowest BCUT2D eigenvalue weighted by atomic mass is 10.1.